The van der Waals surface area contributed by atoms with Gasteiger partial charge in [0.05, 0.1) is 24.9 Å². The van der Waals surface area contributed by atoms with Gasteiger partial charge in [-0.3, -0.25) is 4.79 Å². The lowest BCUT2D eigenvalue weighted by atomic mass is 10.1. The smallest absolute Gasteiger partial charge is 0.159 e. The molecule has 0 fully saturated rings. The molecule has 4 N–H and O–H groups in total. The summed E-state index contributed by atoms with van der Waals surface area (Å²) in [5, 5.41) is 6.64. The van der Waals surface area contributed by atoms with E-state index >= 15 is 0 Å². The number of anilines is 5. The molecule has 0 aliphatic rings. The van der Waals surface area contributed by atoms with E-state index in [9.17, 15) is 4.79 Å². The SMILES string of the molecule is COc1cc(OC)c(Nc2ncnc(Nc3ccc(C(C)=O)cc3)c2N)cc1Cl. The molecule has 0 saturated heterocycles. The number of nitrogens with zero attached hydrogens (tertiary/aromatic N) is 2. The predicted octanol–water partition coefficient (Wildman–Crippen LogP) is 4.42. The summed E-state index contributed by atoms with van der Waals surface area (Å²) in [7, 11) is 3.06. The highest BCUT2D eigenvalue weighted by Crippen LogP contribution is 2.38. The maximum atomic E-state index is 11.4. The van der Waals surface area contributed by atoms with Crippen LogP contribution in [0.3, 0.4) is 0 Å². The standard InChI is InChI=1S/C20H20ClN5O3/c1-11(27)12-4-6-13(7-5-12)25-19-18(22)20(24-10-23-19)26-15-8-14(21)16(28-2)9-17(15)29-3/h4-10H,22H2,1-3H3,(H2,23,24,25,26). The number of halogens is 1. The Bertz CT molecular complexity index is 1040. The molecule has 0 bridgehead atoms. The van der Waals surface area contributed by atoms with Gasteiger partial charge in [-0.1, -0.05) is 11.6 Å². The van der Waals surface area contributed by atoms with Crippen molar-refractivity contribution < 1.29 is 14.3 Å². The minimum absolute atomic E-state index is 0.00307. The fourth-order valence-electron chi connectivity index (χ4n) is 2.61. The van der Waals surface area contributed by atoms with Gasteiger partial charge in [0.15, 0.2) is 17.4 Å². The zero-order valence-corrected chi connectivity index (χ0v) is 16.9. The summed E-state index contributed by atoms with van der Waals surface area (Å²) in [6.07, 6.45) is 1.38. The van der Waals surface area contributed by atoms with Crippen LogP contribution in [-0.4, -0.2) is 30.0 Å². The summed E-state index contributed by atoms with van der Waals surface area (Å²) in [5.74, 6) is 1.79. The molecular formula is C20H20ClN5O3. The minimum atomic E-state index is -0.00307. The van der Waals surface area contributed by atoms with E-state index in [0.717, 1.165) is 5.69 Å². The Balaban J connectivity index is 1.87. The largest absolute Gasteiger partial charge is 0.495 e. The third-order valence-electron chi connectivity index (χ3n) is 4.17. The van der Waals surface area contributed by atoms with E-state index in [1.165, 1.54) is 27.5 Å². The molecule has 150 valence electrons. The van der Waals surface area contributed by atoms with Crippen molar-refractivity contribution in [3.8, 4) is 11.5 Å². The summed E-state index contributed by atoms with van der Waals surface area (Å²) in [4.78, 5) is 19.8. The monoisotopic (exact) mass is 413 g/mol. The third kappa shape index (κ3) is 4.49. The summed E-state index contributed by atoms with van der Waals surface area (Å²) < 4.78 is 10.6. The molecule has 3 rings (SSSR count). The van der Waals surface area contributed by atoms with Crippen LogP contribution in [0.1, 0.15) is 17.3 Å². The van der Waals surface area contributed by atoms with Crippen LogP contribution in [0.15, 0.2) is 42.7 Å². The molecule has 3 aromatic rings. The quantitative estimate of drug-likeness (QED) is 0.488. The van der Waals surface area contributed by atoms with Gasteiger partial charge in [-0.15, -0.1) is 0 Å². The fraction of sp³-hybridized carbons (Fsp3) is 0.150. The Morgan fingerprint density at radius 2 is 1.62 bits per heavy atom. The normalized spacial score (nSPS) is 10.3. The summed E-state index contributed by atoms with van der Waals surface area (Å²) in [5.41, 5.74) is 8.47. The molecule has 0 amide bonds. The van der Waals surface area contributed by atoms with Crippen LogP contribution in [0, 0.1) is 0 Å². The molecule has 9 heteroatoms. The van der Waals surface area contributed by atoms with E-state index in [4.69, 9.17) is 26.8 Å². The molecule has 0 atom stereocenters. The van der Waals surface area contributed by atoms with Gasteiger partial charge < -0.3 is 25.8 Å². The molecular weight excluding hydrogens is 394 g/mol. The Hall–Kier alpha value is -3.52. The molecule has 2 aromatic carbocycles. The number of carbonyl (C=O) groups excluding carboxylic acids is 1. The molecule has 0 saturated carbocycles. The highest BCUT2D eigenvalue weighted by molar-refractivity contribution is 6.32. The molecule has 29 heavy (non-hydrogen) atoms. The van der Waals surface area contributed by atoms with Gasteiger partial charge in [0.2, 0.25) is 0 Å². The molecule has 0 radical (unpaired) electrons. The van der Waals surface area contributed by atoms with Crippen LogP contribution in [-0.2, 0) is 0 Å². The van der Waals surface area contributed by atoms with Gasteiger partial charge in [0.1, 0.15) is 23.5 Å². The fourth-order valence-corrected chi connectivity index (χ4v) is 2.85. The van der Waals surface area contributed by atoms with Gasteiger partial charge in [0, 0.05) is 17.3 Å². The average molecular weight is 414 g/mol. The topological polar surface area (TPSA) is 111 Å². The number of benzene rings is 2. The van der Waals surface area contributed by atoms with Gasteiger partial charge in [-0.05, 0) is 37.3 Å². The minimum Gasteiger partial charge on any atom is -0.495 e. The van der Waals surface area contributed by atoms with Crippen molar-refractivity contribution in [3.63, 3.8) is 0 Å². The maximum absolute atomic E-state index is 11.4. The second-order valence-electron chi connectivity index (χ2n) is 6.06. The Kier molecular flexibility index (Phi) is 6.04. The highest BCUT2D eigenvalue weighted by Gasteiger charge is 2.14. The molecule has 0 spiro atoms. The van der Waals surface area contributed by atoms with Crippen LogP contribution in [0.2, 0.25) is 5.02 Å². The Morgan fingerprint density at radius 3 is 2.21 bits per heavy atom. The molecule has 1 aromatic heterocycles. The van der Waals surface area contributed by atoms with Gasteiger partial charge in [-0.2, -0.15) is 0 Å². The van der Waals surface area contributed by atoms with E-state index in [1.54, 1.807) is 36.4 Å². The number of hydrogen-bond donors (Lipinski definition) is 3. The number of rotatable bonds is 7. The van der Waals surface area contributed by atoms with Crippen LogP contribution in [0.5, 0.6) is 11.5 Å². The van der Waals surface area contributed by atoms with Gasteiger partial charge in [0.25, 0.3) is 0 Å². The first-order chi connectivity index (χ1) is 13.9. The number of aromatic nitrogens is 2. The maximum Gasteiger partial charge on any atom is 0.159 e. The lowest BCUT2D eigenvalue weighted by Gasteiger charge is -2.16. The predicted molar refractivity (Wildman–Crippen MR) is 114 cm³/mol. The van der Waals surface area contributed by atoms with E-state index in [-0.39, 0.29) is 5.78 Å². The van der Waals surface area contributed by atoms with Crippen molar-refractivity contribution >= 4 is 46.1 Å². The van der Waals surface area contributed by atoms with E-state index in [2.05, 4.69) is 20.6 Å². The highest BCUT2D eigenvalue weighted by atomic mass is 35.5. The van der Waals surface area contributed by atoms with Crippen molar-refractivity contribution in [2.24, 2.45) is 0 Å². The second kappa shape index (κ2) is 8.66. The summed E-state index contributed by atoms with van der Waals surface area (Å²) in [6, 6.07) is 10.3. The van der Waals surface area contributed by atoms with E-state index in [1.807, 2.05) is 0 Å². The van der Waals surface area contributed by atoms with Crippen LogP contribution in [0.4, 0.5) is 28.7 Å². The molecule has 1 heterocycles. The van der Waals surface area contributed by atoms with Crippen LogP contribution >= 0.6 is 11.6 Å². The zero-order chi connectivity index (χ0) is 21.0. The summed E-state index contributed by atoms with van der Waals surface area (Å²) >= 11 is 6.22. The number of nitrogens with one attached hydrogen (secondary N) is 2. The molecule has 0 unspecified atom stereocenters. The second-order valence-corrected chi connectivity index (χ2v) is 6.46. The molecule has 0 aliphatic heterocycles. The van der Waals surface area contributed by atoms with Crippen LogP contribution in [0.25, 0.3) is 0 Å². The number of nitrogens with two attached hydrogens (primary N) is 1. The first-order valence-electron chi connectivity index (χ1n) is 8.60. The Morgan fingerprint density at radius 1 is 1.00 bits per heavy atom. The number of nitrogen functional groups attached to an aromatic ring is 1. The average Bonchev–Trinajstić information content (AvgIpc) is 2.71. The lowest BCUT2D eigenvalue weighted by molar-refractivity contribution is 0.101. The first-order valence-corrected chi connectivity index (χ1v) is 8.97. The van der Waals surface area contributed by atoms with E-state index < -0.39 is 0 Å². The number of ketones is 1. The molecule has 8 nitrogen and oxygen atoms in total. The van der Waals surface area contributed by atoms with Crippen molar-refractivity contribution in [1.29, 1.82) is 0 Å². The number of Topliss-reactive ketones (excluding diaryl/α,β-unsaturated/α-hetero) is 1. The Labute approximate surface area is 173 Å². The first kappa shape index (κ1) is 20.2. The number of methoxy groups -OCH3 is 2. The third-order valence-corrected chi connectivity index (χ3v) is 4.46. The number of hydrogen-bond acceptors (Lipinski definition) is 8. The number of carbonyl (C=O) groups is 1. The van der Waals surface area contributed by atoms with E-state index in [0.29, 0.717) is 45.1 Å². The van der Waals surface area contributed by atoms with Crippen molar-refractivity contribution in [2.45, 2.75) is 6.92 Å². The van der Waals surface area contributed by atoms with Crippen molar-refractivity contribution in [2.75, 3.05) is 30.6 Å². The van der Waals surface area contributed by atoms with Crippen molar-refractivity contribution in [3.05, 3.63) is 53.3 Å². The van der Waals surface area contributed by atoms with Crippen LogP contribution < -0.4 is 25.8 Å². The zero-order valence-electron chi connectivity index (χ0n) is 16.1. The summed E-state index contributed by atoms with van der Waals surface area (Å²) in [6.45, 7) is 1.52. The number of ether oxygens (including phenoxy) is 2. The van der Waals surface area contributed by atoms with Crippen molar-refractivity contribution in [1.82, 2.24) is 9.97 Å². The van der Waals surface area contributed by atoms with Gasteiger partial charge in [-0.25, -0.2) is 9.97 Å². The molecule has 0 aliphatic carbocycles. The lowest BCUT2D eigenvalue weighted by Crippen LogP contribution is -2.06. The van der Waals surface area contributed by atoms with Gasteiger partial charge >= 0.3 is 0 Å².